The van der Waals surface area contributed by atoms with Crippen LogP contribution in [0.15, 0.2) is 30.3 Å². The summed E-state index contributed by atoms with van der Waals surface area (Å²) in [5.74, 6) is -0.666. The molecule has 0 spiro atoms. The minimum atomic E-state index is -0.666. The molecule has 4 nitrogen and oxygen atoms in total. The summed E-state index contributed by atoms with van der Waals surface area (Å²) < 4.78 is 0. The lowest BCUT2D eigenvalue weighted by molar-refractivity contribution is -0.145. The van der Waals surface area contributed by atoms with Crippen LogP contribution in [-0.4, -0.2) is 41.7 Å². The van der Waals surface area contributed by atoms with Gasteiger partial charge in [-0.05, 0) is 44.8 Å². The van der Waals surface area contributed by atoms with Crippen LogP contribution in [-0.2, 0) is 11.3 Å². The summed E-state index contributed by atoms with van der Waals surface area (Å²) in [5.41, 5.74) is 1.21. The molecule has 1 aliphatic rings. The van der Waals surface area contributed by atoms with Gasteiger partial charge in [0.05, 0.1) is 0 Å². The molecule has 1 fully saturated rings. The van der Waals surface area contributed by atoms with E-state index in [0.717, 1.165) is 45.2 Å². The Bertz CT molecular complexity index is 472. The van der Waals surface area contributed by atoms with Gasteiger partial charge in [0.25, 0.3) is 0 Å². The van der Waals surface area contributed by atoms with Gasteiger partial charge in [-0.25, -0.2) is 0 Å². The van der Waals surface area contributed by atoms with E-state index in [-0.39, 0.29) is 6.04 Å². The Kier molecular flexibility index (Phi) is 8.26. The molecule has 0 aliphatic heterocycles. The van der Waals surface area contributed by atoms with E-state index < -0.39 is 5.97 Å². The quantitative estimate of drug-likeness (QED) is 0.642. The molecule has 24 heavy (non-hydrogen) atoms. The van der Waals surface area contributed by atoms with Gasteiger partial charge in [-0.3, -0.25) is 9.69 Å². The molecular formula is C20H32N2O2. The summed E-state index contributed by atoms with van der Waals surface area (Å²) in [6.45, 7) is 1.70. The van der Waals surface area contributed by atoms with Crippen LogP contribution >= 0.6 is 0 Å². The Labute approximate surface area is 146 Å². The Hall–Kier alpha value is -1.39. The third-order valence-electron chi connectivity index (χ3n) is 5.09. The van der Waals surface area contributed by atoms with Gasteiger partial charge >= 0.3 is 5.97 Å². The van der Waals surface area contributed by atoms with Crippen LogP contribution in [0.4, 0.5) is 0 Å². The highest BCUT2D eigenvalue weighted by atomic mass is 16.4. The molecule has 2 rings (SSSR count). The van der Waals surface area contributed by atoms with Crippen molar-refractivity contribution in [1.29, 1.82) is 0 Å². The maximum atomic E-state index is 12.0. The molecule has 4 heteroatoms. The van der Waals surface area contributed by atoms with Crippen molar-refractivity contribution in [2.75, 3.05) is 13.6 Å². The number of rotatable bonds is 10. The average Bonchev–Trinajstić information content (AvgIpc) is 2.62. The first-order valence-corrected chi connectivity index (χ1v) is 9.39. The topological polar surface area (TPSA) is 52.6 Å². The maximum absolute atomic E-state index is 12.0. The van der Waals surface area contributed by atoms with Gasteiger partial charge in [-0.2, -0.15) is 0 Å². The Morgan fingerprint density at radius 1 is 1.21 bits per heavy atom. The number of nitrogens with one attached hydrogen (secondary N) is 1. The Morgan fingerprint density at radius 3 is 2.54 bits per heavy atom. The molecule has 1 aromatic carbocycles. The molecule has 2 N–H and O–H groups in total. The molecule has 1 aromatic rings. The fourth-order valence-electron chi connectivity index (χ4n) is 3.77. The smallest absolute Gasteiger partial charge is 0.320 e. The van der Waals surface area contributed by atoms with E-state index in [1.54, 1.807) is 0 Å². The van der Waals surface area contributed by atoms with E-state index in [1.165, 1.54) is 24.8 Å². The fraction of sp³-hybridized carbons (Fsp3) is 0.650. The van der Waals surface area contributed by atoms with E-state index in [2.05, 4.69) is 22.3 Å². The lowest BCUT2D eigenvalue weighted by Gasteiger charge is -2.38. The van der Waals surface area contributed by atoms with Crippen molar-refractivity contribution in [2.24, 2.45) is 0 Å². The molecule has 0 radical (unpaired) electrons. The molecule has 0 saturated heterocycles. The molecule has 0 heterocycles. The van der Waals surface area contributed by atoms with E-state index in [9.17, 15) is 9.90 Å². The number of benzene rings is 1. The van der Waals surface area contributed by atoms with Crippen LogP contribution < -0.4 is 5.32 Å². The third-order valence-corrected chi connectivity index (χ3v) is 5.09. The lowest BCUT2D eigenvalue weighted by Crippen LogP contribution is -2.47. The molecule has 134 valence electrons. The van der Waals surface area contributed by atoms with Gasteiger partial charge in [0.1, 0.15) is 6.04 Å². The molecule has 0 aromatic heterocycles. The van der Waals surface area contributed by atoms with Crippen molar-refractivity contribution < 1.29 is 9.90 Å². The van der Waals surface area contributed by atoms with E-state index >= 15 is 0 Å². The third kappa shape index (κ3) is 5.91. The van der Waals surface area contributed by atoms with E-state index in [0.29, 0.717) is 6.04 Å². The first-order chi connectivity index (χ1) is 11.7. The Balaban J connectivity index is 2.09. The SMILES string of the molecule is CNCCCC[C@@H](C(=O)O)N(Cc1ccccc1)C1CCCCC1. The zero-order valence-corrected chi connectivity index (χ0v) is 14.9. The number of unbranched alkanes of at least 4 members (excludes halogenated alkanes) is 1. The number of carboxylic acids is 1. The summed E-state index contributed by atoms with van der Waals surface area (Å²) in [5, 5.41) is 13.0. The molecule has 0 bridgehead atoms. The van der Waals surface area contributed by atoms with Crippen LogP contribution in [0, 0.1) is 0 Å². The van der Waals surface area contributed by atoms with Gasteiger partial charge in [0.15, 0.2) is 0 Å². The zero-order chi connectivity index (χ0) is 17.2. The van der Waals surface area contributed by atoms with Crippen LogP contribution in [0.3, 0.4) is 0 Å². The Morgan fingerprint density at radius 2 is 1.92 bits per heavy atom. The largest absolute Gasteiger partial charge is 0.480 e. The van der Waals surface area contributed by atoms with Crippen molar-refractivity contribution in [3.05, 3.63) is 35.9 Å². The molecule has 1 aliphatic carbocycles. The second-order valence-corrected chi connectivity index (χ2v) is 6.90. The van der Waals surface area contributed by atoms with Gasteiger partial charge in [-0.1, -0.05) is 56.0 Å². The molecule has 1 saturated carbocycles. The summed E-state index contributed by atoms with van der Waals surface area (Å²) >= 11 is 0. The normalized spacial score (nSPS) is 17.1. The predicted octanol–water partition coefficient (Wildman–Crippen LogP) is 3.66. The molecule has 0 amide bonds. The van der Waals surface area contributed by atoms with Gasteiger partial charge in [0, 0.05) is 12.6 Å². The summed E-state index contributed by atoms with van der Waals surface area (Å²) in [7, 11) is 1.94. The monoisotopic (exact) mass is 332 g/mol. The van der Waals surface area contributed by atoms with Crippen molar-refractivity contribution in [2.45, 2.75) is 70.0 Å². The minimum absolute atomic E-state index is 0.370. The molecule has 0 unspecified atom stereocenters. The van der Waals surface area contributed by atoms with E-state index in [1.807, 2.05) is 25.2 Å². The van der Waals surface area contributed by atoms with Gasteiger partial charge in [-0.15, -0.1) is 0 Å². The van der Waals surface area contributed by atoms with Crippen molar-refractivity contribution >= 4 is 5.97 Å². The van der Waals surface area contributed by atoms with Crippen molar-refractivity contribution in [3.8, 4) is 0 Å². The number of hydrogen-bond acceptors (Lipinski definition) is 3. The maximum Gasteiger partial charge on any atom is 0.320 e. The minimum Gasteiger partial charge on any atom is -0.480 e. The van der Waals surface area contributed by atoms with Crippen LogP contribution in [0.5, 0.6) is 0 Å². The number of hydrogen-bond donors (Lipinski definition) is 2. The van der Waals surface area contributed by atoms with Crippen molar-refractivity contribution in [1.82, 2.24) is 10.2 Å². The lowest BCUT2D eigenvalue weighted by atomic mass is 9.91. The van der Waals surface area contributed by atoms with Crippen LogP contribution in [0.1, 0.15) is 56.9 Å². The first kappa shape index (κ1) is 18.9. The van der Waals surface area contributed by atoms with Crippen LogP contribution in [0.2, 0.25) is 0 Å². The highest BCUT2D eigenvalue weighted by Crippen LogP contribution is 2.27. The van der Waals surface area contributed by atoms with Crippen LogP contribution in [0.25, 0.3) is 0 Å². The van der Waals surface area contributed by atoms with Gasteiger partial charge < -0.3 is 10.4 Å². The summed E-state index contributed by atoms with van der Waals surface area (Å²) in [6.07, 6.45) is 8.72. The second kappa shape index (κ2) is 10.5. The molecular weight excluding hydrogens is 300 g/mol. The standard InChI is InChI=1S/C20H32N2O2/c1-21-15-9-8-14-19(20(23)24)22(18-12-6-3-7-13-18)16-17-10-4-2-5-11-17/h2,4-5,10-11,18-19,21H,3,6-9,12-16H2,1H3,(H,23,24)/t19-/m0/s1. The average molecular weight is 332 g/mol. The number of aliphatic carboxylic acids is 1. The summed E-state index contributed by atoms with van der Waals surface area (Å²) in [4.78, 5) is 14.3. The molecule has 1 atom stereocenters. The van der Waals surface area contributed by atoms with Crippen molar-refractivity contribution in [3.63, 3.8) is 0 Å². The van der Waals surface area contributed by atoms with E-state index in [4.69, 9.17) is 0 Å². The number of carboxylic acid groups (broad SMARTS) is 1. The number of carbonyl (C=O) groups is 1. The highest BCUT2D eigenvalue weighted by Gasteiger charge is 2.31. The summed E-state index contributed by atoms with van der Waals surface area (Å²) in [6, 6.07) is 10.3. The highest BCUT2D eigenvalue weighted by molar-refractivity contribution is 5.73. The fourth-order valence-corrected chi connectivity index (χ4v) is 3.77. The predicted molar refractivity (Wildman–Crippen MR) is 98.1 cm³/mol. The van der Waals surface area contributed by atoms with Gasteiger partial charge in [0.2, 0.25) is 0 Å². The number of nitrogens with zero attached hydrogens (tertiary/aromatic N) is 1. The zero-order valence-electron chi connectivity index (χ0n) is 14.9. The second-order valence-electron chi connectivity index (χ2n) is 6.90. The first-order valence-electron chi connectivity index (χ1n) is 9.39.